The SMILES string of the molecule is NC(Cc1ccsc1)C1C2C3CCC(C3)C12. The maximum atomic E-state index is 6.42. The fraction of sp³-hybridized carbons (Fsp3) is 0.714. The number of rotatable bonds is 3. The van der Waals surface area contributed by atoms with E-state index < -0.39 is 0 Å². The van der Waals surface area contributed by atoms with Crippen LogP contribution in [-0.4, -0.2) is 6.04 Å². The van der Waals surface area contributed by atoms with Crippen LogP contribution in [0.2, 0.25) is 0 Å². The van der Waals surface area contributed by atoms with E-state index in [2.05, 4.69) is 16.8 Å². The van der Waals surface area contributed by atoms with Gasteiger partial charge in [0.05, 0.1) is 0 Å². The third kappa shape index (κ3) is 1.26. The van der Waals surface area contributed by atoms with Crippen LogP contribution in [-0.2, 0) is 6.42 Å². The first kappa shape index (κ1) is 9.67. The summed E-state index contributed by atoms with van der Waals surface area (Å²) in [7, 11) is 0. The van der Waals surface area contributed by atoms with Gasteiger partial charge in [0.25, 0.3) is 0 Å². The predicted octanol–water partition coefficient (Wildman–Crippen LogP) is 2.91. The van der Waals surface area contributed by atoms with Crippen molar-refractivity contribution in [3.8, 4) is 0 Å². The highest BCUT2D eigenvalue weighted by Crippen LogP contribution is 2.70. The Labute approximate surface area is 101 Å². The molecule has 0 aromatic carbocycles. The minimum Gasteiger partial charge on any atom is -0.327 e. The monoisotopic (exact) mass is 233 g/mol. The third-order valence-corrected chi connectivity index (χ3v) is 6.07. The molecule has 3 aliphatic rings. The molecule has 3 saturated carbocycles. The molecule has 1 aromatic heterocycles. The molecule has 1 nitrogen and oxygen atoms in total. The van der Waals surface area contributed by atoms with Crippen molar-refractivity contribution >= 4 is 11.3 Å². The van der Waals surface area contributed by atoms with Gasteiger partial charge in [0.2, 0.25) is 0 Å². The number of hydrogen-bond donors (Lipinski definition) is 1. The Balaban J connectivity index is 1.45. The molecule has 0 saturated heterocycles. The summed E-state index contributed by atoms with van der Waals surface area (Å²) in [5.74, 6) is 5.08. The lowest BCUT2D eigenvalue weighted by atomic mass is 9.95. The lowest BCUT2D eigenvalue weighted by Gasteiger charge is -2.15. The first-order chi connectivity index (χ1) is 7.84. The van der Waals surface area contributed by atoms with Crippen LogP contribution in [0.25, 0.3) is 0 Å². The summed E-state index contributed by atoms with van der Waals surface area (Å²) in [6.45, 7) is 0. The second-order valence-corrected chi connectivity index (χ2v) is 6.84. The average Bonchev–Trinajstić information content (AvgIpc) is 2.73. The average molecular weight is 233 g/mol. The number of nitrogens with two attached hydrogens (primary N) is 1. The first-order valence-corrected chi connectivity index (χ1v) is 7.55. The van der Waals surface area contributed by atoms with Crippen LogP contribution in [0.3, 0.4) is 0 Å². The van der Waals surface area contributed by atoms with Gasteiger partial charge in [-0.1, -0.05) is 0 Å². The molecule has 2 N–H and O–H groups in total. The summed E-state index contributed by atoms with van der Waals surface area (Å²) in [5, 5.41) is 4.42. The summed E-state index contributed by atoms with van der Waals surface area (Å²) in [6, 6.07) is 2.67. The first-order valence-electron chi connectivity index (χ1n) is 6.61. The van der Waals surface area contributed by atoms with E-state index in [0.29, 0.717) is 6.04 Å². The van der Waals surface area contributed by atoms with Crippen molar-refractivity contribution in [2.75, 3.05) is 0 Å². The lowest BCUT2D eigenvalue weighted by Crippen LogP contribution is -2.28. The summed E-state index contributed by atoms with van der Waals surface area (Å²) < 4.78 is 0. The van der Waals surface area contributed by atoms with Crippen molar-refractivity contribution in [2.45, 2.75) is 31.7 Å². The van der Waals surface area contributed by atoms with Gasteiger partial charge >= 0.3 is 0 Å². The Morgan fingerprint density at radius 2 is 2.06 bits per heavy atom. The van der Waals surface area contributed by atoms with Crippen LogP contribution in [0.5, 0.6) is 0 Å². The van der Waals surface area contributed by atoms with Crippen LogP contribution < -0.4 is 5.73 Å². The maximum Gasteiger partial charge on any atom is 0.0114 e. The molecular formula is C14H19NS. The summed E-state index contributed by atoms with van der Waals surface area (Å²) in [5.41, 5.74) is 7.87. The fourth-order valence-corrected chi connectivity index (χ4v) is 5.46. The standard InChI is InChI=1S/C14H19NS/c15-11(5-8-3-4-16-7-8)14-12-9-1-2-10(6-9)13(12)14/h3-4,7,9-14H,1-2,5-6,15H2. The van der Waals surface area contributed by atoms with E-state index in [0.717, 1.165) is 36.0 Å². The quantitative estimate of drug-likeness (QED) is 0.853. The van der Waals surface area contributed by atoms with Crippen molar-refractivity contribution in [3.63, 3.8) is 0 Å². The van der Waals surface area contributed by atoms with E-state index in [1.165, 1.54) is 24.8 Å². The molecule has 1 aromatic rings. The summed E-state index contributed by atoms with van der Waals surface area (Å²) >= 11 is 1.79. The highest BCUT2D eigenvalue weighted by molar-refractivity contribution is 7.07. The minimum atomic E-state index is 0.438. The maximum absolute atomic E-state index is 6.42. The minimum absolute atomic E-state index is 0.438. The van der Waals surface area contributed by atoms with Gasteiger partial charge in [-0.15, -0.1) is 0 Å². The Bertz CT molecular complexity index is 369. The van der Waals surface area contributed by atoms with Gasteiger partial charge in [0.15, 0.2) is 0 Å². The molecule has 4 rings (SSSR count). The normalized spacial score (nSPS) is 45.7. The number of thiophene rings is 1. The van der Waals surface area contributed by atoms with Crippen molar-refractivity contribution in [1.82, 2.24) is 0 Å². The molecule has 0 amide bonds. The molecule has 2 heteroatoms. The fourth-order valence-electron chi connectivity index (χ4n) is 4.78. The number of fused-ring (bicyclic) bond motifs is 5. The molecule has 0 aliphatic heterocycles. The second kappa shape index (κ2) is 3.33. The topological polar surface area (TPSA) is 26.0 Å². The molecule has 5 atom stereocenters. The van der Waals surface area contributed by atoms with Crippen LogP contribution in [0.1, 0.15) is 24.8 Å². The van der Waals surface area contributed by atoms with Gasteiger partial charge in [-0.3, -0.25) is 0 Å². The van der Waals surface area contributed by atoms with Crippen LogP contribution in [0, 0.1) is 29.6 Å². The highest BCUT2D eigenvalue weighted by Gasteiger charge is 2.65. The van der Waals surface area contributed by atoms with E-state index in [4.69, 9.17) is 5.73 Å². The molecule has 0 spiro atoms. The van der Waals surface area contributed by atoms with Crippen LogP contribution in [0.15, 0.2) is 16.8 Å². The molecule has 2 bridgehead atoms. The van der Waals surface area contributed by atoms with Crippen LogP contribution in [0.4, 0.5) is 0 Å². The molecule has 5 unspecified atom stereocenters. The van der Waals surface area contributed by atoms with Crippen molar-refractivity contribution in [3.05, 3.63) is 22.4 Å². The molecule has 1 heterocycles. The molecule has 3 aliphatic carbocycles. The Kier molecular flexibility index (Phi) is 2.01. The van der Waals surface area contributed by atoms with Crippen molar-refractivity contribution < 1.29 is 0 Å². The van der Waals surface area contributed by atoms with Crippen LogP contribution >= 0.6 is 11.3 Å². The van der Waals surface area contributed by atoms with Crippen molar-refractivity contribution in [1.29, 1.82) is 0 Å². The zero-order chi connectivity index (χ0) is 10.7. The smallest absolute Gasteiger partial charge is 0.0114 e. The van der Waals surface area contributed by atoms with Gasteiger partial charge in [0, 0.05) is 6.04 Å². The largest absolute Gasteiger partial charge is 0.327 e. The zero-order valence-electron chi connectivity index (χ0n) is 9.51. The van der Waals surface area contributed by atoms with E-state index >= 15 is 0 Å². The van der Waals surface area contributed by atoms with Gasteiger partial charge in [0.1, 0.15) is 0 Å². The molecular weight excluding hydrogens is 214 g/mol. The molecule has 86 valence electrons. The van der Waals surface area contributed by atoms with E-state index in [1.807, 2.05) is 0 Å². The Hall–Kier alpha value is -0.340. The highest BCUT2D eigenvalue weighted by atomic mass is 32.1. The predicted molar refractivity (Wildman–Crippen MR) is 67.3 cm³/mol. The van der Waals surface area contributed by atoms with Crippen molar-refractivity contribution in [2.24, 2.45) is 35.3 Å². The van der Waals surface area contributed by atoms with E-state index in [9.17, 15) is 0 Å². The molecule has 3 fully saturated rings. The lowest BCUT2D eigenvalue weighted by molar-refractivity contribution is 0.410. The third-order valence-electron chi connectivity index (χ3n) is 5.34. The van der Waals surface area contributed by atoms with Gasteiger partial charge in [-0.25, -0.2) is 0 Å². The van der Waals surface area contributed by atoms with E-state index in [1.54, 1.807) is 11.3 Å². The van der Waals surface area contributed by atoms with Gasteiger partial charge in [-0.05, 0) is 77.7 Å². The summed E-state index contributed by atoms with van der Waals surface area (Å²) in [6.07, 6.45) is 5.67. The molecule has 16 heavy (non-hydrogen) atoms. The number of hydrogen-bond acceptors (Lipinski definition) is 2. The molecule has 0 radical (unpaired) electrons. The summed E-state index contributed by atoms with van der Waals surface area (Å²) in [4.78, 5) is 0. The zero-order valence-corrected chi connectivity index (χ0v) is 10.3. The van der Waals surface area contributed by atoms with Gasteiger partial charge < -0.3 is 5.73 Å². The van der Waals surface area contributed by atoms with E-state index in [-0.39, 0.29) is 0 Å². The van der Waals surface area contributed by atoms with Gasteiger partial charge in [-0.2, -0.15) is 11.3 Å². The second-order valence-electron chi connectivity index (χ2n) is 6.06. The Morgan fingerprint density at radius 3 is 2.69 bits per heavy atom. The Morgan fingerprint density at radius 1 is 1.31 bits per heavy atom.